The lowest BCUT2D eigenvalue weighted by Gasteiger charge is -2.11. The second kappa shape index (κ2) is 5.16. The number of anilines is 2. The van der Waals surface area contributed by atoms with E-state index in [4.69, 9.17) is 17.3 Å². The molecule has 2 aromatic carbocycles. The number of nitrogens with one attached hydrogen (secondary N) is 1. The van der Waals surface area contributed by atoms with Gasteiger partial charge in [-0.15, -0.1) is 0 Å². The third kappa shape index (κ3) is 2.61. The number of carbonyl (C=O) groups is 1. The van der Waals surface area contributed by atoms with Crippen LogP contribution in [0.1, 0.15) is 10.4 Å². The molecule has 0 saturated heterocycles. The van der Waals surface area contributed by atoms with Crippen molar-refractivity contribution in [3.63, 3.8) is 0 Å². The van der Waals surface area contributed by atoms with Crippen LogP contribution in [-0.2, 0) is 0 Å². The normalized spacial score (nSPS) is 10.2. The molecule has 4 nitrogen and oxygen atoms in total. The summed E-state index contributed by atoms with van der Waals surface area (Å²) in [5.41, 5.74) is 5.64. The second-order valence-corrected chi connectivity index (χ2v) is 4.20. The van der Waals surface area contributed by atoms with E-state index >= 15 is 0 Å². The van der Waals surface area contributed by atoms with Gasteiger partial charge in [-0.1, -0.05) is 23.7 Å². The fraction of sp³-hybridized carbons (Fsp3) is 0. The number of para-hydroxylation sites is 1. The Morgan fingerprint density at radius 2 is 1.95 bits per heavy atom. The van der Waals surface area contributed by atoms with E-state index in [1.54, 1.807) is 12.1 Å². The number of amides is 1. The molecule has 0 aliphatic rings. The molecule has 19 heavy (non-hydrogen) atoms. The quantitative estimate of drug-likeness (QED) is 0.740. The molecule has 0 atom stereocenters. The van der Waals surface area contributed by atoms with Gasteiger partial charge in [-0.2, -0.15) is 0 Å². The Bertz CT molecular complexity index is 606. The minimum absolute atomic E-state index is 0.178. The van der Waals surface area contributed by atoms with Crippen molar-refractivity contribution in [2.24, 2.45) is 0 Å². The van der Waals surface area contributed by atoms with Gasteiger partial charge in [0.15, 0.2) is 0 Å². The maximum absolute atomic E-state index is 13.5. The van der Waals surface area contributed by atoms with Crippen LogP contribution in [0.4, 0.5) is 15.8 Å². The predicted molar refractivity (Wildman–Crippen MR) is 71.9 cm³/mol. The topological polar surface area (TPSA) is 75.3 Å². The van der Waals surface area contributed by atoms with Gasteiger partial charge in [0, 0.05) is 0 Å². The zero-order chi connectivity index (χ0) is 14.0. The van der Waals surface area contributed by atoms with Crippen molar-refractivity contribution in [1.29, 1.82) is 0 Å². The van der Waals surface area contributed by atoms with Gasteiger partial charge in [0.05, 0.1) is 16.4 Å². The zero-order valence-corrected chi connectivity index (χ0v) is 10.4. The number of nitrogens with two attached hydrogens (primary N) is 1. The standard InChI is InChI=1S/C13H10ClFN2O2/c14-7-3-1-5-9(16)12(7)17-13(19)11-8(15)4-2-6-10(11)18/h1-6,18H,16H2,(H,17,19). The van der Waals surface area contributed by atoms with Crippen LogP contribution >= 0.6 is 11.6 Å². The molecule has 98 valence electrons. The number of phenols is 1. The Balaban J connectivity index is 2.37. The van der Waals surface area contributed by atoms with E-state index in [0.29, 0.717) is 0 Å². The summed E-state index contributed by atoms with van der Waals surface area (Å²) in [4.78, 5) is 11.9. The Labute approximate surface area is 113 Å². The number of benzene rings is 2. The highest BCUT2D eigenvalue weighted by atomic mass is 35.5. The first-order valence-electron chi connectivity index (χ1n) is 5.33. The predicted octanol–water partition coefficient (Wildman–Crippen LogP) is 3.02. The molecule has 0 spiro atoms. The third-order valence-corrected chi connectivity index (χ3v) is 2.82. The lowest BCUT2D eigenvalue weighted by atomic mass is 10.1. The number of carbonyl (C=O) groups excluding carboxylic acids is 1. The number of hydrogen-bond donors (Lipinski definition) is 3. The molecule has 0 saturated carbocycles. The van der Waals surface area contributed by atoms with Crippen molar-refractivity contribution >= 4 is 28.9 Å². The van der Waals surface area contributed by atoms with Gasteiger partial charge < -0.3 is 16.2 Å². The van der Waals surface area contributed by atoms with Gasteiger partial charge in [0.1, 0.15) is 17.1 Å². The molecular weight excluding hydrogens is 271 g/mol. The van der Waals surface area contributed by atoms with Crippen LogP contribution in [-0.4, -0.2) is 11.0 Å². The molecule has 1 amide bonds. The van der Waals surface area contributed by atoms with E-state index in [-0.39, 0.29) is 16.4 Å². The fourth-order valence-electron chi connectivity index (χ4n) is 1.59. The molecule has 2 aromatic rings. The molecular formula is C13H10ClFN2O2. The first-order valence-corrected chi connectivity index (χ1v) is 5.71. The van der Waals surface area contributed by atoms with E-state index in [0.717, 1.165) is 6.07 Å². The summed E-state index contributed by atoms with van der Waals surface area (Å²) in [6.07, 6.45) is 0. The number of hydrogen-bond acceptors (Lipinski definition) is 3. The molecule has 4 N–H and O–H groups in total. The van der Waals surface area contributed by atoms with Crippen molar-refractivity contribution in [3.05, 3.63) is 52.8 Å². The summed E-state index contributed by atoms with van der Waals surface area (Å²) < 4.78 is 13.5. The summed E-state index contributed by atoms with van der Waals surface area (Å²) in [5.74, 6) is -2.11. The van der Waals surface area contributed by atoms with E-state index in [1.165, 1.54) is 18.2 Å². The number of nitrogen functional groups attached to an aromatic ring is 1. The average molecular weight is 281 g/mol. The Morgan fingerprint density at radius 1 is 1.26 bits per heavy atom. The number of rotatable bonds is 2. The summed E-state index contributed by atoms with van der Waals surface area (Å²) >= 11 is 5.89. The maximum Gasteiger partial charge on any atom is 0.262 e. The van der Waals surface area contributed by atoms with Crippen molar-refractivity contribution in [2.45, 2.75) is 0 Å². The first-order chi connectivity index (χ1) is 9.00. The summed E-state index contributed by atoms with van der Waals surface area (Å²) in [7, 11) is 0. The van der Waals surface area contributed by atoms with Gasteiger partial charge >= 0.3 is 0 Å². The molecule has 0 bridgehead atoms. The second-order valence-electron chi connectivity index (χ2n) is 3.79. The number of phenolic OH excluding ortho intramolecular Hbond substituents is 1. The van der Waals surface area contributed by atoms with Crippen LogP contribution in [0.2, 0.25) is 5.02 Å². The van der Waals surface area contributed by atoms with E-state index in [1.807, 2.05) is 0 Å². The van der Waals surface area contributed by atoms with Gasteiger partial charge in [-0.05, 0) is 24.3 Å². The van der Waals surface area contributed by atoms with Crippen LogP contribution < -0.4 is 11.1 Å². The largest absolute Gasteiger partial charge is 0.507 e. The van der Waals surface area contributed by atoms with E-state index < -0.39 is 23.0 Å². The van der Waals surface area contributed by atoms with Crippen molar-refractivity contribution < 1.29 is 14.3 Å². The summed E-state index contributed by atoms with van der Waals surface area (Å²) in [6.45, 7) is 0. The molecule has 6 heteroatoms. The Hall–Kier alpha value is -2.27. The van der Waals surface area contributed by atoms with Crippen molar-refractivity contribution in [1.82, 2.24) is 0 Å². The third-order valence-electron chi connectivity index (χ3n) is 2.50. The molecule has 0 fully saturated rings. The maximum atomic E-state index is 13.5. The first kappa shape index (κ1) is 13.2. The van der Waals surface area contributed by atoms with Gasteiger partial charge in [-0.25, -0.2) is 4.39 Å². The Morgan fingerprint density at radius 3 is 2.58 bits per heavy atom. The fourth-order valence-corrected chi connectivity index (χ4v) is 1.82. The summed E-state index contributed by atoms with van der Waals surface area (Å²) in [6, 6.07) is 8.29. The molecule has 0 aromatic heterocycles. The smallest absolute Gasteiger partial charge is 0.262 e. The van der Waals surface area contributed by atoms with Crippen molar-refractivity contribution in [2.75, 3.05) is 11.1 Å². The molecule has 0 aliphatic carbocycles. The lowest BCUT2D eigenvalue weighted by molar-refractivity contribution is 0.102. The number of aromatic hydroxyl groups is 1. The molecule has 0 radical (unpaired) electrons. The minimum atomic E-state index is -0.830. The van der Waals surface area contributed by atoms with E-state index in [2.05, 4.69) is 5.32 Å². The molecule has 0 aliphatic heterocycles. The SMILES string of the molecule is Nc1cccc(Cl)c1NC(=O)c1c(O)cccc1F. The van der Waals surface area contributed by atoms with Gasteiger partial charge in [-0.3, -0.25) is 4.79 Å². The van der Waals surface area contributed by atoms with E-state index in [9.17, 15) is 14.3 Å². The van der Waals surface area contributed by atoms with Gasteiger partial charge in [0.25, 0.3) is 5.91 Å². The van der Waals surface area contributed by atoms with Crippen molar-refractivity contribution in [3.8, 4) is 5.75 Å². The lowest BCUT2D eigenvalue weighted by Crippen LogP contribution is -2.15. The monoisotopic (exact) mass is 280 g/mol. The molecule has 0 heterocycles. The molecule has 0 unspecified atom stereocenters. The average Bonchev–Trinajstić information content (AvgIpc) is 2.34. The van der Waals surface area contributed by atoms with Gasteiger partial charge in [0.2, 0.25) is 0 Å². The number of halogens is 2. The van der Waals surface area contributed by atoms with Crippen LogP contribution in [0.25, 0.3) is 0 Å². The highest BCUT2D eigenvalue weighted by molar-refractivity contribution is 6.34. The zero-order valence-electron chi connectivity index (χ0n) is 9.65. The van der Waals surface area contributed by atoms with Crippen LogP contribution in [0.5, 0.6) is 5.75 Å². The van der Waals surface area contributed by atoms with Crippen LogP contribution in [0.3, 0.4) is 0 Å². The highest BCUT2D eigenvalue weighted by Gasteiger charge is 2.18. The molecule has 2 rings (SSSR count). The minimum Gasteiger partial charge on any atom is -0.507 e. The van der Waals surface area contributed by atoms with Crippen LogP contribution in [0, 0.1) is 5.82 Å². The summed E-state index contributed by atoms with van der Waals surface area (Å²) in [5, 5.41) is 12.1. The Kier molecular flexibility index (Phi) is 3.57. The van der Waals surface area contributed by atoms with Crippen LogP contribution in [0.15, 0.2) is 36.4 Å². The highest BCUT2D eigenvalue weighted by Crippen LogP contribution is 2.29.